The van der Waals surface area contributed by atoms with Gasteiger partial charge in [0.05, 0.1) is 0 Å². The van der Waals surface area contributed by atoms with Crippen molar-refractivity contribution in [3.63, 3.8) is 0 Å². The first-order valence-corrected chi connectivity index (χ1v) is 5.07. The van der Waals surface area contributed by atoms with E-state index in [0.717, 1.165) is 0 Å². The Morgan fingerprint density at radius 1 is 0.944 bits per heavy atom. The fourth-order valence-electron chi connectivity index (χ4n) is 0.452. The molecule has 7 heteroatoms. The van der Waals surface area contributed by atoms with E-state index < -0.39 is 12.3 Å². The molecule has 7 nitrogen and oxygen atoms in total. The monoisotopic (exact) mass is 262 g/mol. The summed E-state index contributed by atoms with van der Waals surface area (Å²) in [6.07, 6.45) is 0.954. The predicted octanol–water partition coefficient (Wildman–Crippen LogP) is 1.01. The molecule has 0 amide bonds. The molecule has 0 heterocycles. The smallest absolute Gasteiger partial charge is 0.430 e. The van der Waals surface area contributed by atoms with Crippen LogP contribution in [0.3, 0.4) is 0 Å². The summed E-state index contributed by atoms with van der Waals surface area (Å²) in [7, 11) is 0. The molecule has 104 valence electrons. The fraction of sp³-hybridized carbons (Fsp3) is 0.455. The van der Waals surface area contributed by atoms with Crippen LogP contribution in [0.4, 0.5) is 9.59 Å². The number of ether oxygens (including phenoxy) is 3. The molecule has 0 unspecified atom stereocenters. The van der Waals surface area contributed by atoms with Crippen molar-refractivity contribution in [1.82, 2.24) is 0 Å². The third-order valence-corrected chi connectivity index (χ3v) is 1.12. The fourth-order valence-corrected chi connectivity index (χ4v) is 0.452. The molecule has 0 aliphatic carbocycles. The van der Waals surface area contributed by atoms with Gasteiger partial charge in [-0.25, -0.2) is 9.59 Å². The molecule has 0 saturated heterocycles. The molecule has 0 spiro atoms. The summed E-state index contributed by atoms with van der Waals surface area (Å²) >= 11 is 0. The first kappa shape index (κ1) is 18.5. The molecule has 18 heavy (non-hydrogen) atoms. The van der Waals surface area contributed by atoms with Crippen LogP contribution in [0.5, 0.6) is 0 Å². The van der Waals surface area contributed by atoms with Crippen molar-refractivity contribution in [3.05, 3.63) is 25.3 Å². The minimum absolute atomic E-state index is 0.0203. The Kier molecular flexibility index (Phi) is 15.6. The lowest BCUT2D eigenvalue weighted by Gasteiger charge is -2.01. The molecule has 0 atom stereocenters. The van der Waals surface area contributed by atoms with Crippen molar-refractivity contribution in [2.45, 2.75) is 6.42 Å². The van der Waals surface area contributed by atoms with E-state index in [4.69, 9.17) is 10.2 Å². The largest absolute Gasteiger partial charge is 0.518 e. The van der Waals surface area contributed by atoms with Gasteiger partial charge in [-0.05, 0) is 6.42 Å². The Morgan fingerprint density at radius 3 is 1.56 bits per heavy atom. The molecule has 0 aliphatic rings. The lowest BCUT2D eigenvalue weighted by molar-refractivity contribution is 0.0457. The van der Waals surface area contributed by atoms with Gasteiger partial charge in [0.2, 0.25) is 0 Å². The Hall–Kier alpha value is -1.86. The Morgan fingerprint density at radius 2 is 1.33 bits per heavy atom. The molecule has 0 bridgehead atoms. The summed E-state index contributed by atoms with van der Waals surface area (Å²) in [5.74, 6) is 0. The van der Waals surface area contributed by atoms with Gasteiger partial charge in [-0.15, -0.1) is 0 Å². The van der Waals surface area contributed by atoms with Crippen LogP contribution in [0.15, 0.2) is 25.3 Å². The van der Waals surface area contributed by atoms with Crippen molar-refractivity contribution in [2.24, 2.45) is 0 Å². The number of aliphatic hydroxyl groups excluding tert-OH is 2. The van der Waals surface area contributed by atoms with Crippen LogP contribution in [-0.4, -0.2) is 49.0 Å². The molecule has 0 aromatic heterocycles. The topological polar surface area (TPSA) is 102 Å². The molecule has 0 aromatic carbocycles. The van der Waals surface area contributed by atoms with Gasteiger partial charge in [0.25, 0.3) is 0 Å². The Bertz CT molecular complexity index is 226. The van der Waals surface area contributed by atoms with Gasteiger partial charge in [0, 0.05) is 13.2 Å². The molecule has 0 fully saturated rings. The van der Waals surface area contributed by atoms with Crippen molar-refractivity contribution in [3.8, 4) is 0 Å². The van der Waals surface area contributed by atoms with Crippen LogP contribution in [-0.2, 0) is 14.2 Å². The van der Waals surface area contributed by atoms with Gasteiger partial charge in [-0.1, -0.05) is 25.3 Å². The van der Waals surface area contributed by atoms with Crippen LogP contribution in [0.1, 0.15) is 6.42 Å². The van der Waals surface area contributed by atoms with Crippen molar-refractivity contribution in [2.75, 3.05) is 26.4 Å². The van der Waals surface area contributed by atoms with Crippen LogP contribution in [0.2, 0.25) is 0 Å². The highest BCUT2D eigenvalue weighted by Gasteiger charge is 2.11. The second kappa shape index (κ2) is 15.1. The normalized spacial score (nSPS) is 8.33. The zero-order chi connectivity index (χ0) is 14.2. The van der Waals surface area contributed by atoms with E-state index in [1.54, 1.807) is 0 Å². The highest BCUT2D eigenvalue weighted by atomic mass is 16.8. The maximum Gasteiger partial charge on any atom is 0.518 e. The van der Waals surface area contributed by atoms with Crippen LogP contribution in [0.25, 0.3) is 0 Å². The number of carbonyl (C=O) groups excluding carboxylic acids is 2. The van der Waals surface area contributed by atoms with Gasteiger partial charge in [-0.2, -0.15) is 0 Å². The summed E-state index contributed by atoms with van der Waals surface area (Å²) < 4.78 is 12.7. The van der Waals surface area contributed by atoms with Gasteiger partial charge in [-0.3, -0.25) is 0 Å². The molecular weight excluding hydrogens is 244 g/mol. The van der Waals surface area contributed by atoms with Gasteiger partial charge < -0.3 is 24.4 Å². The number of aliphatic hydroxyl groups is 2. The maximum absolute atomic E-state index is 10.6. The molecular formula is C11H18O7. The standard InChI is InChI=1S/C8H10O5.C3H8O2/c1-3-5-11-7(9)13-8(10)12-6-4-2;4-2-1-3-5/h3-4H,1-2,5-6H2;4-5H,1-3H2. The van der Waals surface area contributed by atoms with E-state index in [1.807, 2.05) is 0 Å². The van der Waals surface area contributed by atoms with Gasteiger partial charge in [0.15, 0.2) is 0 Å². The summed E-state index contributed by atoms with van der Waals surface area (Å²) in [5.41, 5.74) is 0. The second-order valence-corrected chi connectivity index (χ2v) is 2.60. The number of carbonyl (C=O) groups is 2. The average molecular weight is 262 g/mol. The third-order valence-electron chi connectivity index (χ3n) is 1.12. The minimum Gasteiger partial charge on any atom is -0.430 e. The van der Waals surface area contributed by atoms with Crippen molar-refractivity contribution < 1.29 is 34.0 Å². The lowest BCUT2D eigenvalue weighted by atomic mass is 10.5. The third kappa shape index (κ3) is 16.6. The van der Waals surface area contributed by atoms with E-state index in [0.29, 0.717) is 6.42 Å². The number of hydrogen-bond acceptors (Lipinski definition) is 7. The zero-order valence-corrected chi connectivity index (χ0v) is 10.0. The highest BCUT2D eigenvalue weighted by Crippen LogP contribution is 1.90. The van der Waals surface area contributed by atoms with E-state index in [9.17, 15) is 9.59 Å². The Balaban J connectivity index is 0. The highest BCUT2D eigenvalue weighted by molar-refractivity contribution is 5.76. The molecule has 0 aromatic rings. The lowest BCUT2D eigenvalue weighted by Crippen LogP contribution is -2.15. The molecule has 0 saturated carbocycles. The van der Waals surface area contributed by atoms with E-state index in [1.165, 1.54) is 12.2 Å². The first-order valence-electron chi connectivity index (χ1n) is 5.07. The van der Waals surface area contributed by atoms with Crippen LogP contribution in [0, 0.1) is 0 Å². The quantitative estimate of drug-likeness (QED) is 0.418. The number of rotatable bonds is 6. The van der Waals surface area contributed by atoms with Crippen LogP contribution >= 0.6 is 0 Å². The molecule has 2 N–H and O–H groups in total. The van der Waals surface area contributed by atoms with Crippen molar-refractivity contribution >= 4 is 12.3 Å². The van der Waals surface area contributed by atoms with Crippen LogP contribution < -0.4 is 0 Å². The summed E-state index contributed by atoms with van der Waals surface area (Å²) in [5, 5.41) is 15.8. The summed E-state index contributed by atoms with van der Waals surface area (Å²) in [4.78, 5) is 21.1. The summed E-state index contributed by atoms with van der Waals surface area (Å²) in [6, 6.07) is 0. The Labute approximate surface area is 105 Å². The van der Waals surface area contributed by atoms with Crippen molar-refractivity contribution in [1.29, 1.82) is 0 Å². The molecule has 0 radical (unpaired) electrons. The van der Waals surface area contributed by atoms with Gasteiger partial charge in [0.1, 0.15) is 13.2 Å². The zero-order valence-electron chi connectivity index (χ0n) is 10.0. The first-order chi connectivity index (χ1) is 8.62. The number of hydrogen-bond donors (Lipinski definition) is 2. The van der Waals surface area contributed by atoms with Gasteiger partial charge >= 0.3 is 12.3 Å². The average Bonchev–Trinajstić information content (AvgIpc) is 2.35. The van der Waals surface area contributed by atoms with E-state index >= 15 is 0 Å². The minimum atomic E-state index is -1.12. The van der Waals surface area contributed by atoms with E-state index in [2.05, 4.69) is 27.4 Å². The SMILES string of the molecule is C=CCOC(=O)OC(=O)OCC=C.OCCCO. The predicted molar refractivity (Wildman–Crippen MR) is 63.0 cm³/mol. The second-order valence-electron chi connectivity index (χ2n) is 2.60. The summed E-state index contributed by atoms with van der Waals surface area (Å²) in [6.45, 7) is 6.75. The van der Waals surface area contributed by atoms with E-state index in [-0.39, 0.29) is 26.4 Å². The molecule has 0 aliphatic heterocycles. The molecule has 0 rings (SSSR count). The maximum atomic E-state index is 10.6.